The molecule has 0 unspecified atom stereocenters. The van der Waals surface area contributed by atoms with Crippen molar-refractivity contribution < 1.29 is 24.2 Å². The minimum absolute atomic E-state index is 0.0307. The number of unbranched alkanes of at least 4 members (excludes halogenated alkanes) is 1. The molecular weight excluding hydrogens is 420 g/mol. The Hall–Kier alpha value is -3.35. The van der Waals surface area contributed by atoms with Crippen molar-refractivity contribution >= 4 is 18.0 Å². The number of rotatable bonds is 9. The van der Waals surface area contributed by atoms with Gasteiger partial charge in [-0.3, -0.25) is 9.59 Å². The van der Waals surface area contributed by atoms with Crippen molar-refractivity contribution in [3.8, 4) is 11.1 Å². The summed E-state index contributed by atoms with van der Waals surface area (Å²) in [5.74, 6) is -1.17. The van der Waals surface area contributed by atoms with Gasteiger partial charge in [-0.15, -0.1) is 0 Å². The molecule has 0 radical (unpaired) electrons. The summed E-state index contributed by atoms with van der Waals surface area (Å²) in [6.45, 7) is 0.718. The number of carboxylic acids is 1. The maximum atomic E-state index is 12.2. The summed E-state index contributed by atoms with van der Waals surface area (Å²) in [4.78, 5) is 35.2. The molecule has 7 heteroatoms. The number of hydrogen-bond donors (Lipinski definition) is 3. The van der Waals surface area contributed by atoms with E-state index in [4.69, 9.17) is 9.84 Å². The number of ether oxygens (including phenoxy) is 1. The Morgan fingerprint density at radius 3 is 2.24 bits per heavy atom. The second-order valence-corrected chi connectivity index (χ2v) is 8.82. The topological polar surface area (TPSA) is 105 Å². The van der Waals surface area contributed by atoms with Gasteiger partial charge in [0, 0.05) is 24.9 Å². The van der Waals surface area contributed by atoms with Crippen molar-refractivity contribution in [1.82, 2.24) is 10.6 Å². The summed E-state index contributed by atoms with van der Waals surface area (Å²) in [5.41, 5.74) is 4.73. The van der Waals surface area contributed by atoms with E-state index in [2.05, 4.69) is 34.9 Å². The van der Waals surface area contributed by atoms with Crippen LogP contribution >= 0.6 is 0 Å². The molecule has 33 heavy (non-hydrogen) atoms. The van der Waals surface area contributed by atoms with Gasteiger partial charge in [0.15, 0.2) is 0 Å². The van der Waals surface area contributed by atoms with Crippen molar-refractivity contribution in [3.63, 3.8) is 0 Å². The van der Waals surface area contributed by atoms with E-state index >= 15 is 0 Å². The number of alkyl carbamates (subject to hydrolysis) is 1. The Labute approximate surface area is 193 Å². The monoisotopic (exact) mass is 450 g/mol. The van der Waals surface area contributed by atoms with E-state index in [1.807, 2.05) is 24.3 Å². The van der Waals surface area contributed by atoms with Crippen molar-refractivity contribution in [2.75, 3.05) is 13.2 Å². The van der Waals surface area contributed by atoms with Crippen LogP contribution in [-0.4, -0.2) is 42.3 Å². The highest BCUT2D eigenvalue weighted by Crippen LogP contribution is 2.44. The lowest BCUT2D eigenvalue weighted by Gasteiger charge is -2.14. The Morgan fingerprint density at radius 1 is 0.939 bits per heavy atom. The van der Waals surface area contributed by atoms with Gasteiger partial charge < -0.3 is 20.5 Å². The Balaban J connectivity index is 1.13. The molecule has 0 bridgehead atoms. The van der Waals surface area contributed by atoms with Crippen LogP contribution < -0.4 is 10.6 Å². The molecule has 0 aromatic heterocycles. The standard InChI is InChI=1S/C26H30N2O5/c29-24(28-18-13-12-17(15-18)25(30)31)11-5-6-14-27-26(32)33-16-23-21-9-3-1-7-19(21)20-8-2-4-10-22(20)23/h1-4,7-10,17-18,23H,5-6,11-16H2,(H,27,32)(H,28,29)(H,30,31)/t17-,18+/m0/s1. The molecule has 2 amide bonds. The smallest absolute Gasteiger partial charge is 0.407 e. The van der Waals surface area contributed by atoms with Gasteiger partial charge in [-0.2, -0.15) is 0 Å². The first-order valence-corrected chi connectivity index (χ1v) is 11.6. The van der Waals surface area contributed by atoms with Crippen molar-refractivity contribution in [3.05, 3.63) is 59.7 Å². The molecule has 2 aliphatic rings. The first-order chi connectivity index (χ1) is 16.0. The van der Waals surface area contributed by atoms with E-state index in [0.717, 1.165) is 0 Å². The molecule has 2 aromatic rings. The molecule has 1 fully saturated rings. The zero-order chi connectivity index (χ0) is 23.2. The van der Waals surface area contributed by atoms with Crippen LogP contribution in [0, 0.1) is 5.92 Å². The number of nitrogens with one attached hydrogen (secondary N) is 2. The fourth-order valence-corrected chi connectivity index (χ4v) is 4.89. The summed E-state index contributed by atoms with van der Waals surface area (Å²) in [6, 6.07) is 16.4. The summed E-state index contributed by atoms with van der Waals surface area (Å²) >= 11 is 0. The Morgan fingerprint density at radius 2 is 1.61 bits per heavy atom. The molecule has 0 spiro atoms. The normalized spacial score (nSPS) is 18.9. The summed E-state index contributed by atoms with van der Waals surface area (Å²) < 4.78 is 5.51. The SMILES string of the molecule is O=C(CCCCNC(=O)OCC1c2ccccc2-c2ccccc21)N[C@@H]1CC[C@H](C(=O)O)C1. The van der Waals surface area contributed by atoms with E-state index in [1.54, 1.807) is 0 Å². The van der Waals surface area contributed by atoms with E-state index in [9.17, 15) is 14.4 Å². The van der Waals surface area contributed by atoms with Gasteiger partial charge >= 0.3 is 12.1 Å². The van der Waals surface area contributed by atoms with E-state index in [1.165, 1.54) is 22.3 Å². The van der Waals surface area contributed by atoms with Crippen LogP contribution in [0.3, 0.4) is 0 Å². The minimum Gasteiger partial charge on any atom is -0.481 e. The van der Waals surface area contributed by atoms with Gasteiger partial charge in [0.25, 0.3) is 0 Å². The third-order valence-electron chi connectivity index (χ3n) is 6.59. The minimum atomic E-state index is -0.786. The molecule has 0 saturated heterocycles. The fraction of sp³-hybridized carbons (Fsp3) is 0.423. The largest absolute Gasteiger partial charge is 0.481 e. The second kappa shape index (κ2) is 10.5. The van der Waals surface area contributed by atoms with Crippen LogP contribution in [0.1, 0.15) is 55.6 Å². The molecule has 4 rings (SSSR count). The zero-order valence-corrected chi connectivity index (χ0v) is 18.6. The van der Waals surface area contributed by atoms with Crippen molar-refractivity contribution in [2.45, 2.75) is 50.5 Å². The summed E-state index contributed by atoms with van der Waals surface area (Å²) in [7, 11) is 0. The highest BCUT2D eigenvalue weighted by atomic mass is 16.5. The third-order valence-corrected chi connectivity index (χ3v) is 6.59. The first-order valence-electron chi connectivity index (χ1n) is 11.6. The van der Waals surface area contributed by atoms with Crippen LogP contribution in [0.4, 0.5) is 4.79 Å². The lowest BCUT2D eigenvalue weighted by atomic mass is 9.98. The summed E-state index contributed by atoms with van der Waals surface area (Å²) in [5, 5.41) is 14.7. The molecular formula is C26H30N2O5. The number of carbonyl (C=O) groups excluding carboxylic acids is 2. The zero-order valence-electron chi connectivity index (χ0n) is 18.6. The molecule has 1 saturated carbocycles. The van der Waals surface area contributed by atoms with E-state index in [0.29, 0.717) is 45.1 Å². The number of amides is 2. The Kier molecular flexibility index (Phi) is 7.27. The highest BCUT2D eigenvalue weighted by molar-refractivity contribution is 5.79. The van der Waals surface area contributed by atoms with Crippen LogP contribution in [-0.2, 0) is 14.3 Å². The van der Waals surface area contributed by atoms with Gasteiger partial charge in [-0.25, -0.2) is 4.79 Å². The predicted octanol–water partition coefficient (Wildman–Crippen LogP) is 4.06. The maximum Gasteiger partial charge on any atom is 0.407 e. The van der Waals surface area contributed by atoms with Gasteiger partial charge in [-0.1, -0.05) is 48.5 Å². The maximum absolute atomic E-state index is 12.2. The van der Waals surface area contributed by atoms with Gasteiger partial charge in [-0.05, 0) is 54.4 Å². The van der Waals surface area contributed by atoms with Gasteiger partial charge in [0.1, 0.15) is 6.61 Å². The van der Waals surface area contributed by atoms with Crippen LogP contribution in [0.5, 0.6) is 0 Å². The molecule has 0 aliphatic heterocycles. The molecule has 174 valence electrons. The van der Waals surface area contributed by atoms with E-state index in [-0.39, 0.29) is 30.4 Å². The van der Waals surface area contributed by atoms with Crippen LogP contribution in [0.15, 0.2) is 48.5 Å². The average molecular weight is 451 g/mol. The number of hydrogen-bond acceptors (Lipinski definition) is 4. The number of carbonyl (C=O) groups is 3. The van der Waals surface area contributed by atoms with Crippen LogP contribution in [0.25, 0.3) is 11.1 Å². The Bertz CT molecular complexity index is 976. The average Bonchev–Trinajstić information content (AvgIpc) is 3.40. The number of aliphatic carboxylic acids is 1. The molecule has 7 nitrogen and oxygen atoms in total. The molecule has 2 atom stereocenters. The molecule has 2 aliphatic carbocycles. The number of fused-ring (bicyclic) bond motifs is 3. The first kappa shape index (κ1) is 22.8. The second-order valence-electron chi connectivity index (χ2n) is 8.82. The van der Waals surface area contributed by atoms with Crippen molar-refractivity contribution in [1.29, 1.82) is 0 Å². The van der Waals surface area contributed by atoms with Gasteiger partial charge in [0.05, 0.1) is 5.92 Å². The van der Waals surface area contributed by atoms with Crippen LogP contribution in [0.2, 0.25) is 0 Å². The quantitative estimate of drug-likeness (QED) is 0.500. The molecule has 0 heterocycles. The predicted molar refractivity (Wildman–Crippen MR) is 124 cm³/mol. The third kappa shape index (κ3) is 5.53. The number of benzene rings is 2. The van der Waals surface area contributed by atoms with Crippen molar-refractivity contribution in [2.24, 2.45) is 5.92 Å². The summed E-state index contributed by atoms with van der Waals surface area (Å²) in [6.07, 6.45) is 3.05. The fourth-order valence-electron chi connectivity index (χ4n) is 4.89. The molecule has 3 N–H and O–H groups in total. The molecule has 2 aromatic carbocycles. The lowest BCUT2D eigenvalue weighted by molar-refractivity contribution is -0.141. The lowest BCUT2D eigenvalue weighted by Crippen LogP contribution is -2.33. The number of carboxylic acid groups (broad SMARTS) is 1. The van der Waals surface area contributed by atoms with E-state index < -0.39 is 12.1 Å². The van der Waals surface area contributed by atoms with Gasteiger partial charge in [0.2, 0.25) is 5.91 Å². The highest BCUT2D eigenvalue weighted by Gasteiger charge is 2.30.